The summed E-state index contributed by atoms with van der Waals surface area (Å²) < 4.78 is 1.98. The van der Waals surface area contributed by atoms with Gasteiger partial charge in [-0.25, -0.2) is 9.97 Å². The number of para-hydroxylation sites is 1. The zero-order valence-corrected chi connectivity index (χ0v) is 11.9. The van der Waals surface area contributed by atoms with Crippen molar-refractivity contribution in [3.63, 3.8) is 0 Å². The van der Waals surface area contributed by atoms with Crippen LogP contribution in [-0.2, 0) is 0 Å². The fourth-order valence-electron chi connectivity index (χ4n) is 1.46. The number of aromatic nitrogens is 2. The van der Waals surface area contributed by atoms with Crippen LogP contribution in [0.1, 0.15) is 5.69 Å². The molecule has 90 valence electrons. The average Bonchev–Trinajstić information content (AvgIpc) is 2.76. The molecule has 0 atom stereocenters. The number of hydrogen-bond acceptors (Lipinski definition) is 6. The molecule has 0 saturated carbocycles. The number of nitrogens with zero attached hydrogens (tertiary/aromatic N) is 2. The van der Waals surface area contributed by atoms with Crippen LogP contribution in [0.5, 0.6) is 0 Å². The SMILES string of the molecule is Cc1csc(=O)c(Sc2nc3ccccc3s2)n1. The third kappa shape index (κ3) is 2.31. The second kappa shape index (κ2) is 4.79. The molecule has 6 heteroatoms. The van der Waals surface area contributed by atoms with Crippen molar-refractivity contribution in [2.45, 2.75) is 16.3 Å². The van der Waals surface area contributed by atoms with Crippen molar-refractivity contribution in [1.82, 2.24) is 9.97 Å². The average molecular weight is 292 g/mol. The van der Waals surface area contributed by atoms with Gasteiger partial charge < -0.3 is 0 Å². The number of fused-ring (bicyclic) bond motifs is 1. The van der Waals surface area contributed by atoms with Crippen molar-refractivity contribution in [2.24, 2.45) is 0 Å². The van der Waals surface area contributed by atoms with Gasteiger partial charge in [-0.1, -0.05) is 23.5 Å². The summed E-state index contributed by atoms with van der Waals surface area (Å²) in [6.45, 7) is 1.89. The molecule has 0 aliphatic carbocycles. The number of rotatable bonds is 2. The molecule has 0 saturated heterocycles. The Morgan fingerprint density at radius 1 is 1.22 bits per heavy atom. The fourth-order valence-corrected chi connectivity index (χ4v) is 4.16. The first kappa shape index (κ1) is 11.8. The van der Waals surface area contributed by atoms with E-state index >= 15 is 0 Å². The molecule has 0 radical (unpaired) electrons. The topological polar surface area (TPSA) is 42.9 Å². The Morgan fingerprint density at radius 3 is 2.89 bits per heavy atom. The number of hydrogen-bond donors (Lipinski definition) is 0. The van der Waals surface area contributed by atoms with Gasteiger partial charge in [0.15, 0.2) is 9.37 Å². The van der Waals surface area contributed by atoms with Crippen LogP contribution >= 0.6 is 34.4 Å². The highest BCUT2D eigenvalue weighted by Gasteiger charge is 2.09. The van der Waals surface area contributed by atoms with E-state index in [4.69, 9.17) is 0 Å². The molecule has 3 rings (SSSR count). The van der Waals surface area contributed by atoms with Crippen molar-refractivity contribution in [2.75, 3.05) is 0 Å². The maximum Gasteiger partial charge on any atom is 0.265 e. The van der Waals surface area contributed by atoms with Crippen LogP contribution in [0.15, 0.2) is 43.8 Å². The predicted octanol–water partition coefficient (Wildman–Crippen LogP) is 3.57. The van der Waals surface area contributed by atoms with E-state index in [0.717, 1.165) is 20.3 Å². The molecule has 3 aromatic rings. The van der Waals surface area contributed by atoms with Crippen LogP contribution in [-0.4, -0.2) is 9.97 Å². The second-order valence-corrected chi connectivity index (χ2v) is 6.74. The van der Waals surface area contributed by atoms with Gasteiger partial charge >= 0.3 is 0 Å². The third-order valence-corrected chi connectivity index (χ3v) is 5.31. The number of thiazole rings is 1. The molecule has 0 aliphatic heterocycles. The molecule has 0 amide bonds. The van der Waals surface area contributed by atoms with E-state index in [2.05, 4.69) is 9.97 Å². The zero-order chi connectivity index (χ0) is 12.5. The van der Waals surface area contributed by atoms with Crippen LogP contribution < -0.4 is 4.74 Å². The summed E-state index contributed by atoms with van der Waals surface area (Å²) in [5, 5.41) is 2.28. The van der Waals surface area contributed by atoms with Gasteiger partial charge in [-0.15, -0.1) is 11.3 Å². The van der Waals surface area contributed by atoms with Gasteiger partial charge in [0, 0.05) is 11.1 Å². The van der Waals surface area contributed by atoms with E-state index in [9.17, 15) is 4.79 Å². The lowest BCUT2D eigenvalue weighted by Crippen LogP contribution is -2.01. The molecule has 1 aromatic carbocycles. The summed E-state index contributed by atoms with van der Waals surface area (Å²) >= 11 is 4.12. The van der Waals surface area contributed by atoms with Crippen LogP contribution in [0.25, 0.3) is 10.2 Å². The Kier molecular flexibility index (Phi) is 3.15. The summed E-state index contributed by atoms with van der Waals surface area (Å²) in [5.74, 6) is 0. The fraction of sp³-hybridized carbons (Fsp3) is 0.0833. The minimum Gasteiger partial charge on any atom is -0.275 e. The van der Waals surface area contributed by atoms with Gasteiger partial charge in [0.2, 0.25) is 0 Å². The Labute approximate surface area is 116 Å². The Balaban J connectivity index is 2.01. The summed E-state index contributed by atoms with van der Waals surface area (Å²) in [6.07, 6.45) is 0. The first-order valence-electron chi connectivity index (χ1n) is 5.22. The smallest absolute Gasteiger partial charge is 0.265 e. The van der Waals surface area contributed by atoms with Crippen LogP contribution in [0.2, 0.25) is 0 Å². The van der Waals surface area contributed by atoms with E-state index in [1.165, 1.54) is 23.1 Å². The molecular weight excluding hydrogens is 284 g/mol. The Morgan fingerprint density at radius 2 is 2.06 bits per heavy atom. The summed E-state index contributed by atoms with van der Waals surface area (Å²) in [6, 6.07) is 7.95. The molecule has 2 aromatic heterocycles. The van der Waals surface area contributed by atoms with Crippen LogP contribution in [0.3, 0.4) is 0 Å². The molecule has 3 nitrogen and oxygen atoms in total. The van der Waals surface area contributed by atoms with Crippen molar-refractivity contribution < 1.29 is 0 Å². The van der Waals surface area contributed by atoms with E-state index in [0.29, 0.717) is 5.03 Å². The molecule has 0 N–H and O–H groups in total. The van der Waals surface area contributed by atoms with Crippen molar-refractivity contribution in [1.29, 1.82) is 0 Å². The van der Waals surface area contributed by atoms with Gasteiger partial charge in [0.1, 0.15) is 0 Å². The normalized spacial score (nSPS) is 10.9. The van der Waals surface area contributed by atoms with E-state index in [1.807, 2.05) is 31.2 Å². The van der Waals surface area contributed by atoms with Gasteiger partial charge in [-0.2, -0.15) is 0 Å². The number of aryl methyl sites for hydroxylation is 1. The van der Waals surface area contributed by atoms with Gasteiger partial charge in [-0.3, -0.25) is 4.79 Å². The lowest BCUT2D eigenvalue weighted by Gasteiger charge is -1.95. The maximum atomic E-state index is 11.7. The third-order valence-electron chi connectivity index (χ3n) is 2.25. The zero-order valence-electron chi connectivity index (χ0n) is 9.41. The molecule has 0 unspecified atom stereocenters. The highest BCUT2D eigenvalue weighted by atomic mass is 32.2. The summed E-state index contributed by atoms with van der Waals surface area (Å²) in [7, 11) is 0. The molecule has 0 fully saturated rings. The predicted molar refractivity (Wildman–Crippen MR) is 76.9 cm³/mol. The minimum absolute atomic E-state index is 0.00939. The van der Waals surface area contributed by atoms with Crippen LogP contribution in [0.4, 0.5) is 0 Å². The Bertz CT molecular complexity index is 730. The lowest BCUT2D eigenvalue weighted by atomic mass is 10.3. The van der Waals surface area contributed by atoms with E-state index in [1.54, 1.807) is 16.7 Å². The summed E-state index contributed by atoms with van der Waals surface area (Å²) in [5.41, 5.74) is 1.83. The first-order chi connectivity index (χ1) is 8.72. The van der Waals surface area contributed by atoms with Crippen LogP contribution in [0, 0.1) is 6.92 Å². The lowest BCUT2D eigenvalue weighted by molar-refractivity contribution is 1.06. The van der Waals surface area contributed by atoms with E-state index < -0.39 is 0 Å². The van der Waals surface area contributed by atoms with Gasteiger partial charge in [0.05, 0.1) is 10.2 Å². The van der Waals surface area contributed by atoms with Crippen molar-refractivity contribution in [3.05, 3.63) is 44.9 Å². The minimum atomic E-state index is -0.00939. The molecular formula is C12H8N2OS3. The Hall–Kier alpha value is -1.24. The quantitative estimate of drug-likeness (QED) is 0.724. The highest BCUT2D eigenvalue weighted by Crippen LogP contribution is 2.32. The summed E-state index contributed by atoms with van der Waals surface area (Å²) in [4.78, 5) is 20.5. The van der Waals surface area contributed by atoms with Gasteiger partial charge in [-0.05, 0) is 30.8 Å². The van der Waals surface area contributed by atoms with Crippen molar-refractivity contribution in [3.8, 4) is 0 Å². The largest absolute Gasteiger partial charge is 0.275 e. The molecule has 0 spiro atoms. The highest BCUT2D eigenvalue weighted by molar-refractivity contribution is 8.01. The standard InChI is InChI=1S/C12H8N2OS3/c1-7-6-16-11(15)10(13-7)18-12-14-8-4-2-3-5-9(8)17-12/h2-6H,1H3. The van der Waals surface area contributed by atoms with E-state index in [-0.39, 0.29) is 4.74 Å². The maximum absolute atomic E-state index is 11.7. The molecule has 0 bridgehead atoms. The molecule has 0 aliphatic rings. The van der Waals surface area contributed by atoms with Gasteiger partial charge in [0.25, 0.3) is 4.74 Å². The first-order valence-corrected chi connectivity index (χ1v) is 7.73. The second-order valence-electron chi connectivity index (χ2n) is 3.63. The number of benzene rings is 1. The molecule has 18 heavy (non-hydrogen) atoms. The monoisotopic (exact) mass is 292 g/mol. The molecule has 2 heterocycles. The van der Waals surface area contributed by atoms with Crippen molar-refractivity contribution >= 4 is 44.7 Å².